The molecule has 1 saturated heterocycles. The van der Waals surface area contributed by atoms with Gasteiger partial charge in [-0.2, -0.15) is 5.10 Å². The van der Waals surface area contributed by atoms with Gasteiger partial charge in [0.15, 0.2) is 0 Å². The van der Waals surface area contributed by atoms with Crippen molar-refractivity contribution in [2.45, 2.75) is 49.9 Å². The number of aromatic nitrogens is 2. The highest BCUT2D eigenvalue weighted by Crippen LogP contribution is 2.60. The van der Waals surface area contributed by atoms with Gasteiger partial charge in [0.2, 0.25) is 10.0 Å². The number of benzene rings is 3. The second kappa shape index (κ2) is 9.25. The maximum absolute atomic E-state index is 13.5. The molecular weight excluding hydrogens is 513 g/mol. The lowest BCUT2D eigenvalue weighted by Gasteiger charge is -2.35. The Morgan fingerprint density at radius 2 is 1.79 bits per heavy atom. The Morgan fingerprint density at radius 3 is 2.46 bits per heavy atom. The summed E-state index contributed by atoms with van der Waals surface area (Å²) in [5.41, 5.74) is 4.16. The van der Waals surface area contributed by atoms with Crippen LogP contribution in [0.25, 0.3) is 16.6 Å². The maximum atomic E-state index is 13.5. The van der Waals surface area contributed by atoms with Gasteiger partial charge >= 0.3 is 0 Å². The fraction of sp³-hybridized carbons (Fsp3) is 0.387. The molecule has 2 aliphatic rings. The highest BCUT2D eigenvalue weighted by atomic mass is 32.2. The van der Waals surface area contributed by atoms with Crippen LogP contribution in [0, 0.1) is 18.7 Å². The molecule has 1 aliphatic carbocycles. The van der Waals surface area contributed by atoms with Gasteiger partial charge in [-0.05, 0) is 92.6 Å². The predicted octanol–water partition coefficient (Wildman–Crippen LogP) is 5.72. The molecule has 3 unspecified atom stereocenters. The largest absolute Gasteiger partial charge is 0.373 e. The van der Waals surface area contributed by atoms with Crippen molar-refractivity contribution in [3.05, 3.63) is 95.4 Å². The Balaban J connectivity index is 1.50. The summed E-state index contributed by atoms with van der Waals surface area (Å²) in [6, 6.07) is 20.9. The lowest BCUT2D eigenvalue weighted by Crippen LogP contribution is -2.40. The molecule has 204 valence electrons. The van der Waals surface area contributed by atoms with E-state index in [4.69, 9.17) is 4.74 Å². The van der Waals surface area contributed by atoms with Gasteiger partial charge in [-0.25, -0.2) is 21.8 Å². The molecule has 1 aliphatic heterocycles. The number of methoxy groups -OCH3 is 1. The molecule has 0 bridgehead atoms. The zero-order chi connectivity index (χ0) is 27.6. The molecule has 4 aromatic rings. The van der Waals surface area contributed by atoms with Crippen LogP contribution in [0.15, 0.2) is 72.9 Å². The molecule has 3 aromatic carbocycles. The first-order valence-corrected chi connectivity index (χ1v) is 14.9. The number of sulfonamides is 1. The van der Waals surface area contributed by atoms with Crippen molar-refractivity contribution in [2.75, 3.05) is 20.2 Å². The van der Waals surface area contributed by atoms with Crippen LogP contribution in [0.1, 0.15) is 43.4 Å². The molecule has 2 heterocycles. The summed E-state index contributed by atoms with van der Waals surface area (Å²) in [4.78, 5) is 0. The van der Waals surface area contributed by atoms with Crippen molar-refractivity contribution in [3.63, 3.8) is 0 Å². The molecule has 0 radical (unpaired) electrons. The van der Waals surface area contributed by atoms with E-state index in [1.165, 1.54) is 12.1 Å². The van der Waals surface area contributed by atoms with Crippen LogP contribution in [-0.2, 0) is 25.8 Å². The van der Waals surface area contributed by atoms with Gasteiger partial charge in [-0.3, -0.25) is 0 Å². The zero-order valence-corrected chi connectivity index (χ0v) is 23.6. The van der Waals surface area contributed by atoms with Crippen molar-refractivity contribution < 1.29 is 17.5 Å². The summed E-state index contributed by atoms with van der Waals surface area (Å²) in [5.74, 6) is -0.197. The first-order chi connectivity index (χ1) is 18.6. The highest BCUT2D eigenvalue weighted by Gasteiger charge is 2.62. The van der Waals surface area contributed by atoms with Crippen LogP contribution in [0.5, 0.6) is 0 Å². The lowest BCUT2D eigenvalue weighted by atomic mass is 9.72. The average molecular weight is 548 g/mol. The first kappa shape index (κ1) is 26.2. The zero-order valence-electron chi connectivity index (χ0n) is 22.8. The number of hydrogen-bond donors (Lipinski definition) is 0. The van der Waals surface area contributed by atoms with Crippen LogP contribution in [-0.4, -0.2) is 48.0 Å². The standard InChI is InChI=1S/C31H34FN3O3S/c1-21(2)39(36,37)34-18-25-16-31(38-4,24-8-6-5-7-9-24)19-30(25,20-34)28-15-23-17-33-35(29(23)14-22(28)3)27-12-10-26(32)11-13-27/h5-15,17,21,25H,16,18-20H2,1-4H3. The SMILES string of the molecule is COC1(c2ccccc2)CC2CN(S(=O)(=O)C(C)C)CC2(c2cc3cnn(-c4ccc(F)cc4)c3cc2C)C1. The van der Waals surface area contributed by atoms with Crippen LogP contribution < -0.4 is 0 Å². The third kappa shape index (κ3) is 4.03. The fourth-order valence-corrected chi connectivity index (χ4v) is 8.39. The Bertz CT molecular complexity index is 1640. The van der Waals surface area contributed by atoms with Gasteiger partial charge in [0.05, 0.1) is 28.3 Å². The smallest absolute Gasteiger partial charge is 0.216 e. The minimum atomic E-state index is -3.42. The number of rotatable bonds is 6. The van der Waals surface area contributed by atoms with Crippen molar-refractivity contribution in [2.24, 2.45) is 5.92 Å². The molecule has 3 atom stereocenters. The van der Waals surface area contributed by atoms with Gasteiger partial charge in [-0.15, -0.1) is 0 Å². The third-order valence-corrected chi connectivity index (χ3v) is 11.2. The summed E-state index contributed by atoms with van der Waals surface area (Å²) in [6.45, 7) is 6.50. The summed E-state index contributed by atoms with van der Waals surface area (Å²) >= 11 is 0. The summed E-state index contributed by atoms with van der Waals surface area (Å²) in [5, 5.41) is 5.11. The van der Waals surface area contributed by atoms with Crippen LogP contribution in [0.4, 0.5) is 4.39 Å². The molecular formula is C31H34FN3O3S. The average Bonchev–Trinajstić information content (AvgIpc) is 3.59. The van der Waals surface area contributed by atoms with E-state index in [-0.39, 0.29) is 11.7 Å². The van der Waals surface area contributed by atoms with Gasteiger partial charge in [0, 0.05) is 31.0 Å². The van der Waals surface area contributed by atoms with Gasteiger partial charge in [0.1, 0.15) is 5.82 Å². The van der Waals surface area contributed by atoms with E-state index in [1.54, 1.807) is 37.4 Å². The fourth-order valence-electron chi connectivity index (χ4n) is 7.00. The normalized spacial score (nSPS) is 25.5. The second-order valence-corrected chi connectivity index (χ2v) is 13.9. The highest BCUT2D eigenvalue weighted by molar-refractivity contribution is 7.89. The van der Waals surface area contributed by atoms with E-state index in [0.717, 1.165) is 39.7 Å². The minimum Gasteiger partial charge on any atom is -0.373 e. The van der Waals surface area contributed by atoms with Gasteiger partial charge < -0.3 is 4.74 Å². The quantitative estimate of drug-likeness (QED) is 0.310. The van der Waals surface area contributed by atoms with Crippen molar-refractivity contribution in [1.82, 2.24) is 14.1 Å². The Labute approximate surface area is 229 Å². The number of fused-ring (bicyclic) bond motifs is 2. The third-order valence-electron chi connectivity index (χ3n) is 9.01. The second-order valence-electron chi connectivity index (χ2n) is 11.4. The van der Waals surface area contributed by atoms with Crippen LogP contribution >= 0.6 is 0 Å². The van der Waals surface area contributed by atoms with Crippen molar-refractivity contribution in [3.8, 4) is 5.69 Å². The summed E-state index contributed by atoms with van der Waals surface area (Å²) < 4.78 is 50.1. The number of nitrogens with zero attached hydrogens (tertiary/aromatic N) is 3. The number of hydrogen-bond acceptors (Lipinski definition) is 4. The summed E-state index contributed by atoms with van der Waals surface area (Å²) in [7, 11) is -1.65. The number of halogens is 1. The van der Waals surface area contributed by atoms with E-state index in [1.807, 2.05) is 29.1 Å². The van der Waals surface area contributed by atoms with E-state index < -0.39 is 26.3 Å². The molecule has 39 heavy (non-hydrogen) atoms. The molecule has 8 heteroatoms. The molecule has 6 rings (SSSR count). The number of ether oxygens (including phenoxy) is 1. The Kier molecular flexibility index (Phi) is 6.21. The first-order valence-electron chi connectivity index (χ1n) is 13.4. The lowest BCUT2D eigenvalue weighted by molar-refractivity contribution is -0.0183. The number of aryl methyl sites for hydroxylation is 1. The van der Waals surface area contributed by atoms with Gasteiger partial charge in [0.25, 0.3) is 0 Å². The minimum absolute atomic E-state index is 0.0921. The van der Waals surface area contributed by atoms with E-state index in [9.17, 15) is 12.8 Å². The van der Waals surface area contributed by atoms with Gasteiger partial charge in [-0.1, -0.05) is 30.3 Å². The molecule has 0 N–H and O–H groups in total. The molecule has 1 aromatic heterocycles. The Morgan fingerprint density at radius 1 is 1.08 bits per heavy atom. The Hall–Kier alpha value is -3.07. The van der Waals surface area contributed by atoms with Crippen molar-refractivity contribution in [1.29, 1.82) is 0 Å². The topological polar surface area (TPSA) is 64.4 Å². The van der Waals surface area contributed by atoms with E-state index >= 15 is 0 Å². The maximum Gasteiger partial charge on any atom is 0.216 e. The molecule has 2 fully saturated rings. The van der Waals surface area contributed by atoms with E-state index in [2.05, 4.69) is 36.3 Å². The summed E-state index contributed by atoms with van der Waals surface area (Å²) in [6.07, 6.45) is 3.26. The predicted molar refractivity (Wildman–Crippen MR) is 151 cm³/mol. The van der Waals surface area contributed by atoms with E-state index in [0.29, 0.717) is 19.5 Å². The van der Waals surface area contributed by atoms with Crippen molar-refractivity contribution >= 4 is 20.9 Å². The molecule has 6 nitrogen and oxygen atoms in total. The molecule has 0 amide bonds. The monoisotopic (exact) mass is 547 g/mol. The van der Waals surface area contributed by atoms with Crippen LogP contribution in [0.2, 0.25) is 0 Å². The van der Waals surface area contributed by atoms with Crippen LogP contribution in [0.3, 0.4) is 0 Å². The molecule has 0 spiro atoms. The molecule has 1 saturated carbocycles.